The number of benzene rings is 1. The van der Waals surface area contributed by atoms with E-state index >= 15 is 0 Å². The summed E-state index contributed by atoms with van der Waals surface area (Å²) in [6.07, 6.45) is 4.66. The highest BCUT2D eigenvalue weighted by Crippen LogP contribution is 2.21. The van der Waals surface area contributed by atoms with Crippen LogP contribution in [0, 0.1) is 5.92 Å². The van der Waals surface area contributed by atoms with Crippen LogP contribution >= 0.6 is 0 Å². The van der Waals surface area contributed by atoms with Gasteiger partial charge in [-0.25, -0.2) is 4.79 Å². The zero-order valence-electron chi connectivity index (χ0n) is 17.1. The van der Waals surface area contributed by atoms with Crippen LogP contribution < -0.4 is 5.32 Å². The fraction of sp³-hybridized carbons (Fsp3) is 0.591. The number of hydrogen-bond acceptors (Lipinski definition) is 4. The molecule has 1 aromatic rings. The first-order valence-corrected chi connectivity index (χ1v) is 10.6. The second-order valence-corrected chi connectivity index (χ2v) is 7.88. The Morgan fingerprint density at radius 2 is 1.55 bits per heavy atom. The first kappa shape index (κ1) is 21.1. The molecule has 29 heavy (non-hydrogen) atoms. The number of likely N-dealkylation sites (tertiary alicyclic amines) is 2. The molecule has 2 fully saturated rings. The number of rotatable bonds is 4. The lowest BCUT2D eigenvalue weighted by molar-refractivity contribution is -0.163. The van der Waals surface area contributed by atoms with Crippen molar-refractivity contribution in [3.8, 4) is 0 Å². The molecule has 0 saturated carbocycles. The molecule has 1 atom stereocenters. The monoisotopic (exact) mass is 401 g/mol. The summed E-state index contributed by atoms with van der Waals surface area (Å²) in [7, 11) is 0. The van der Waals surface area contributed by atoms with Crippen LogP contribution in [0.3, 0.4) is 0 Å². The van der Waals surface area contributed by atoms with Gasteiger partial charge in [0.2, 0.25) is 0 Å². The Morgan fingerprint density at radius 3 is 2.17 bits per heavy atom. The summed E-state index contributed by atoms with van der Waals surface area (Å²) in [4.78, 5) is 41.0. The molecular weight excluding hydrogens is 370 g/mol. The number of amides is 3. The Labute approximate surface area is 172 Å². The zero-order valence-corrected chi connectivity index (χ0v) is 17.1. The molecule has 0 unspecified atom stereocenters. The van der Waals surface area contributed by atoms with Gasteiger partial charge in [0, 0.05) is 31.9 Å². The minimum absolute atomic E-state index is 0.0973. The van der Waals surface area contributed by atoms with Crippen molar-refractivity contribution in [1.29, 1.82) is 0 Å². The summed E-state index contributed by atoms with van der Waals surface area (Å²) in [5.74, 6) is -0.695. The van der Waals surface area contributed by atoms with E-state index in [-0.39, 0.29) is 23.8 Å². The Bertz CT molecular complexity index is 693. The molecule has 0 spiro atoms. The lowest BCUT2D eigenvalue weighted by Gasteiger charge is -2.31. The number of nitrogens with one attached hydrogen (secondary N) is 1. The molecule has 3 rings (SSSR count). The van der Waals surface area contributed by atoms with E-state index in [1.807, 2.05) is 35.2 Å². The fourth-order valence-corrected chi connectivity index (χ4v) is 3.91. The van der Waals surface area contributed by atoms with E-state index in [9.17, 15) is 14.4 Å². The molecular formula is C22H31N3O4. The molecule has 0 aliphatic carbocycles. The van der Waals surface area contributed by atoms with Crippen LogP contribution in [0.2, 0.25) is 0 Å². The maximum atomic E-state index is 12.6. The van der Waals surface area contributed by atoms with Crippen LogP contribution in [0.4, 0.5) is 10.5 Å². The van der Waals surface area contributed by atoms with Crippen LogP contribution in [-0.4, -0.2) is 60.0 Å². The second-order valence-electron chi connectivity index (χ2n) is 7.88. The first-order chi connectivity index (χ1) is 14.0. The molecule has 3 amide bonds. The van der Waals surface area contributed by atoms with Crippen LogP contribution in [0.15, 0.2) is 30.3 Å². The third-order valence-electron chi connectivity index (χ3n) is 5.70. The van der Waals surface area contributed by atoms with E-state index in [2.05, 4.69) is 5.32 Å². The molecule has 2 heterocycles. The van der Waals surface area contributed by atoms with Crippen molar-refractivity contribution in [2.75, 3.05) is 31.5 Å². The Hall–Kier alpha value is -2.57. The maximum absolute atomic E-state index is 12.6. The lowest BCUT2D eigenvalue weighted by atomic mass is 9.97. The van der Waals surface area contributed by atoms with Crippen molar-refractivity contribution in [1.82, 2.24) is 9.80 Å². The third kappa shape index (κ3) is 5.95. The molecule has 0 bridgehead atoms. The SMILES string of the molecule is C[C@H](OC(=O)C1CCN(C(=O)Nc2ccccc2)CC1)C(=O)N1CCCCCC1. The number of ether oxygens (including phenoxy) is 1. The molecule has 158 valence electrons. The van der Waals surface area contributed by atoms with Gasteiger partial charge in [-0.15, -0.1) is 0 Å². The molecule has 2 saturated heterocycles. The number of piperidine rings is 1. The number of urea groups is 1. The number of carbonyl (C=O) groups is 3. The van der Waals surface area contributed by atoms with E-state index in [1.165, 1.54) is 0 Å². The summed E-state index contributed by atoms with van der Waals surface area (Å²) in [5, 5.41) is 2.86. The smallest absolute Gasteiger partial charge is 0.321 e. The average Bonchev–Trinajstić information content (AvgIpc) is 3.03. The second kappa shape index (κ2) is 10.3. The van der Waals surface area contributed by atoms with E-state index in [4.69, 9.17) is 4.74 Å². The Kier molecular flexibility index (Phi) is 7.49. The van der Waals surface area contributed by atoms with Crippen LogP contribution in [-0.2, 0) is 14.3 Å². The van der Waals surface area contributed by atoms with Gasteiger partial charge < -0.3 is 19.9 Å². The summed E-state index contributed by atoms with van der Waals surface area (Å²) in [6.45, 7) is 4.14. The molecule has 2 aliphatic rings. The zero-order chi connectivity index (χ0) is 20.6. The predicted molar refractivity (Wildman–Crippen MR) is 110 cm³/mol. The van der Waals surface area contributed by atoms with E-state index in [1.54, 1.807) is 11.8 Å². The minimum atomic E-state index is -0.750. The van der Waals surface area contributed by atoms with Crippen LogP contribution in [0.5, 0.6) is 0 Å². The number of nitrogens with zero attached hydrogens (tertiary/aromatic N) is 2. The quantitative estimate of drug-likeness (QED) is 0.786. The summed E-state index contributed by atoms with van der Waals surface area (Å²) in [6, 6.07) is 9.14. The standard InChI is InChI=1S/C22H31N3O4/c1-17(20(26)24-13-7-2-3-8-14-24)29-21(27)18-11-15-25(16-12-18)22(28)23-19-9-5-4-6-10-19/h4-6,9-10,17-18H,2-3,7-8,11-16H2,1H3,(H,23,28)/t17-/m0/s1. The first-order valence-electron chi connectivity index (χ1n) is 10.6. The summed E-state index contributed by atoms with van der Waals surface area (Å²) in [5.41, 5.74) is 0.750. The Balaban J connectivity index is 1.43. The number of esters is 1. The van der Waals surface area contributed by atoms with Gasteiger partial charge in [0.05, 0.1) is 5.92 Å². The molecule has 2 aliphatic heterocycles. The predicted octanol–water partition coefficient (Wildman–Crippen LogP) is 3.26. The topological polar surface area (TPSA) is 79.0 Å². The third-order valence-corrected chi connectivity index (χ3v) is 5.70. The van der Waals surface area contributed by atoms with E-state index < -0.39 is 6.10 Å². The summed E-state index contributed by atoms with van der Waals surface area (Å²) < 4.78 is 5.49. The Morgan fingerprint density at radius 1 is 0.931 bits per heavy atom. The minimum Gasteiger partial charge on any atom is -0.452 e. The number of para-hydroxylation sites is 1. The molecule has 7 nitrogen and oxygen atoms in total. The number of carbonyl (C=O) groups excluding carboxylic acids is 3. The molecule has 0 aromatic heterocycles. The van der Waals surface area contributed by atoms with Crippen LogP contribution in [0.1, 0.15) is 45.4 Å². The van der Waals surface area contributed by atoms with Gasteiger partial charge in [0.15, 0.2) is 6.10 Å². The maximum Gasteiger partial charge on any atom is 0.321 e. The van der Waals surface area contributed by atoms with Gasteiger partial charge in [-0.3, -0.25) is 9.59 Å². The van der Waals surface area contributed by atoms with Crippen molar-refractivity contribution in [2.45, 2.75) is 51.6 Å². The lowest BCUT2D eigenvalue weighted by Crippen LogP contribution is -2.44. The van der Waals surface area contributed by atoms with Gasteiger partial charge in [-0.2, -0.15) is 0 Å². The van der Waals surface area contributed by atoms with Gasteiger partial charge >= 0.3 is 12.0 Å². The number of anilines is 1. The fourth-order valence-electron chi connectivity index (χ4n) is 3.91. The average molecular weight is 402 g/mol. The molecule has 1 N–H and O–H groups in total. The number of hydrogen-bond donors (Lipinski definition) is 1. The van der Waals surface area contributed by atoms with Crippen molar-refractivity contribution >= 4 is 23.6 Å². The highest BCUT2D eigenvalue weighted by Gasteiger charge is 2.31. The summed E-state index contributed by atoms with van der Waals surface area (Å²) >= 11 is 0. The van der Waals surface area contributed by atoms with Gasteiger partial charge in [-0.1, -0.05) is 31.0 Å². The molecule has 1 aromatic carbocycles. The van der Waals surface area contributed by atoms with Crippen molar-refractivity contribution in [2.24, 2.45) is 5.92 Å². The largest absolute Gasteiger partial charge is 0.452 e. The molecule has 0 radical (unpaired) electrons. The molecule has 7 heteroatoms. The highest BCUT2D eigenvalue weighted by atomic mass is 16.5. The van der Waals surface area contributed by atoms with Gasteiger partial charge in [0.25, 0.3) is 5.91 Å². The normalized spacial score (nSPS) is 19.2. The highest BCUT2D eigenvalue weighted by molar-refractivity contribution is 5.89. The van der Waals surface area contributed by atoms with Crippen molar-refractivity contribution in [3.05, 3.63) is 30.3 Å². The van der Waals surface area contributed by atoms with Crippen molar-refractivity contribution in [3.63, 3.8) is 0 Å². The van der Waals surface area contributed by atoms with Crippen LogP contribution in [0.25, 0.3) is 0 Å². The van der Waals surface area contributed by atoms with Gasteiger partial charge in [-0.05, 0) is 44.7 Å². The van der Waals surface area contributed by atoms with Crippen molar-refractivity contribution < 1.29 is 19.1 Å². The van der Waals surface area contributed by atoms with Gasteiger partial charge in [0.1, 0.15) is 0 Å². The van der Waals surface area contributed by atoms with E-state index in [0.29, 0.717) is 25.9 Å². The van der Waals surface area contributed by atoms with E-state index in [0.717, 1.165) is 44.5 Å².